The molecule has 6 nitrogen and oxygen atoms in total. The summed E-state index contributed by atoms with van der Waals surface area (Å²) >= 11 is 1.08. The Kier molecular flexibility index (Phi) is 4.59. The van der Waals surface area contributed by atoms with Gasteiger partial charge in [0.15, 0.2) is 5.65 Å². The number of hydrogen-bond acceptors (Lipinski definition) is 5. The summed E-state index contributed by atoms with van der Waals surface area (Å²) in [7, 11) is 0. The van der Waals surface area contributed by atoms with E-state index in [1.165, 1.54) is 4.57 Å². The fourth-order valence-electron chi connectivity index (χ4n) is 2.17. The molecule has 0 aliphatic rings. The van der Waals surface area contributed by atoms with E-state index in [4.69, 9.17) is 5.73 Å². The highest BCUT2D eigenvalue weighted by Gasteiger charge is 2.17. The number of nitrogen functional groups attached to an aromatic ring is 1. The molecule has 2 rings (SSSR count). The van der Waals surface area contributed by atoms with Crippen molar-refractivity contribution in [1.29, 1.82) is 0 Å². The Morgan fingerprint density at radius 1 is 1.10 bits per heavy atom. The smallest absolute Gasteiger partial charge is 0.332 e. The van der Waals surface area contributed by atoms with E-state index in [1.54, 1.807) is 4.57 Å². The van der Waals surface area contributed by atoms with Crippen LogP contribution < -0.4 is 17.0 Å². The van der Waals surface area contributed by atoms with Gasteiger partial charge in [0.05, 0.1) is 0 Å². The Bertz CT molecular complexity index is 713. The van der Waals surface area contributed by atoms with Crippen molar-refractivity contribution in [3.63, 3.8) is 0 Å². The molecule has 0 atom stereocenters. The standard InChI is InChI=1S/C13H20N4O2S/c1-3-5-7-16-11-9(10(14)20-15-11)12(18)17(13(16)19)8-6-4-2/h3-8,14H2,1-2H3. The van der Waals surface area contributed by atoms with Crippen molar-refractivity contribution in [2.75, 3.05) is 5.73 Å². The van der Waals surface area contributed by atoms with Gasteiger partial charge in [-0.1, -0.05) is 26.7 Å². The molecule has 0 radical (unpaired) electrons. The van der Waals surface area contributed by atoms with Crippen molar-refractivity contribution in [3.8, 4) is 0 Å². The van der Waals surface area contributed by atoms with Crippen molar-refractivity contribution in [2.45, 2.75) is 52.6 Å². The van der Waals surface area contributed by atoms with Crippen LogP contribution in [0.5, 0.6) is 0 Å². The largest absolute Gasteiger partial charge is 0.389 e. The van der Waals surface area contributed by atoms with Gasteiger partial charge in [0, 0.05) is 13.1 Å². The number of aromatic nitrogens is 3. The number of fused-ring (bicyclic) bond motifs is 1. The summed E-state index contributed by atoms with van der Waals surface area (Å²) in [6.45, 7) is 5.09. The van der Waals surface area contributed by atoms with Crippen molar-refractivity contribution < 1.29 is 0 Å². The molecule has 20 heavy (non-hydrogen) atoms. The summed E-state index contributed by atoms with van der Waals surface area (Å²) in [5.74, 6) is 0. The first-order valence-corrected chi connectivity index (χ1v) is 7.77. The molecular weight excluding hydrogens is 276 g/mol. The quantitative estimate of drug-likeness (QED) is 0.881. The minimum Gasteiger partial charge on any atom is -0.389 e. The van der Waals surface area contributed by atoms with Crippen molar-refractivity contribution >= 4 is 27.6 Å². The van der Waals surface area contributed by atoms with Crippen molar-refractivity contribution in [2.24, 2.45) is 0 Å². The molecule has 7 heteroatoms. The first-order chi connectivity index (χ1) is 9.61. The molecule has 0 saturated heterocycles. The van der Waals surface area contributed by atoms with Gasteiger partial charge < -0.3 is 5.73 Å². The number of anilines is 1. The maximum absolute atomic E-state index is 12.5. The van der Waals surface area contributed by atoms with Crippen LogP contribution in [-0.2, 0) is 13.1 Å². The minimum absolute atomic E-state index is 0.269. The predicted molar refractivity (Wildman–Crippen MR) is 82.4 cm³/mol. The molecule has 0 saturated carbocycles. The van der Waals surface area contributed by atoms with Crippen LogP contribution in [0.1, 0.15) is 39.5 Å². The zero-order valence-corrected chi connectivity index (χ0v) is 12.7. The molecule has 0 aliphatic heterocycles. The molecule has 0 aliphatic carbocycles. The van der Waals surface area contributed by atoms with Crippen LogP contribution in [0.3, 0.4) is 0 Å². The van der Waals surface area contributed by atoms with Crippen LogP contribution in [-0.4, -0.2) is 13.5 Å². The van der Waals surface area contributed by atoms with Crippen LogP contribution in [0.2, 0.25) is 0 Å². The molecule has 0 spiro atoms. The highest BCUT2D eigenvalue weighted by molar-refractivity contribution is 7.11. The molecule has 2 aromatic rings. The van der Waals surface area contributed by atoms with E-state index < -0.39 is 0 Å². The highest BCUT2D eigenvalue weighted by atomic mass is 32.1. The van der Waals surface area contributed by atoms with E-state index in [0.717, 1.165) is 37.2 Å². The number of nitrogens with two attached hydrogens (primary N) is 1. The van der Waals surface area contributed by atoms with E-state index in [0.29, 0.717) is 29.1 Å². The second-order valence-corrected chi connectivity index (χ2v) is 5.65. The second kappa shape index (κ2) is 6.21. The van der Waals surface area contributed by atoms with Gasteiger partial charge in [-0.15, -0.1) is 0 Å². The third kappa shape index (κ3) is 2.49. The number of aryl methyl sites for hydroxylation is 1. The molecule has 0 amide bonds. The summed E-state index contributed by atoms with van der Waals surface area (Å²) in [6.07, 6.45) is 3.57. The Morgan fingerprint density at radius 2 is 1.70 bits per heavy atom. The lowest BCUT2D eigenvalue weighted by molar-refractivity contribution is 0.531. The highest BCUT2D eigenvalue weighted by Crippen LogP contribution is 2.20. The summed E-state index contributed by atoms with van der Waals surface area (Å²) in [5.41, 5.74) is 5.71. The fraction of sp³-hybridized carbons (Fsp3) is 0.615. The lowest BCUT2D eigenvalue weighted by atomic mass is 10.3. The van der Waals surface area contributed by atoms with Gasteiger partial charge in [0.2, 0.25) is 0 Å². The van der Waals surface area contributed by atoms with Gasteiger partial charge >= 0.3 is 5.69 Å². The van der Waals surface area contributed by atoms with Gasteiger partial charge in [0.1, 0.15) is 10.4 Å². The van der Waals surface area contributed by atoms with Gasteiger partial charge in [-0.25, -0.2) is 4.79 Å². The summed E-state index contributed by atoms with van der Waals surface area (Å²) < 4.78 is 7.06. The Balaban J connectivity index is 2.69. The van der Waals surface area contributed by atoms with Crippen molar-refractivity contribution in [1.82, 2.24) is 13.5 Å². The average Bonchev–Trinajstić information content (AvgIpc) is 2.81. The first-order valence-electron chi connectivity index (χ1n) is 7.00. The third-order valence-corrected chi connectivity index (χ3v) is 4.01. The van der Waals surface area contributed by atoms with E-state index >= 15 is 0 Å². The number of hydrogen-bond donors (Lipinski definition) is 1. The normalized spacial score (nSPS) is 11.3. The monoisotopic (exact) mass is 296 g/mol. The van der Waals surface area contributed by atoms with Crippen molar-refractivity contribution in [3.05, 3.63) is 20.8 Å². The van der Waals surface area contributed by atoms with Crippen LogP contribution >= 0.6 is 11.5 Å². The molecular formula is C13H20N4O2S. The Labute approximate surface area is 121 Å². The van der Waals surface area contributed by atoms with Gasteiger partial charge in [-0.3, -0.25) is 13.9 Å². The number of nitrogens with zero attached hydrogens (tertiary/aromatic N) is 3. The summed E-state index contributed by atoms with van der Waals surface area (Å²) in [5, 5.41) is 0.780. The Hall–Kier alpha value is -1.63. The van der Waals surface area contributed by atoms with E-state index in [1.807, 2.05) is 6.92 Å². The van der Waals surface area contributed by atoms with E-state index in [2.05, 4.69) is 11.3 Å². The molecule has 0 bridgehead atoms. The predicted octanol–water partition coefficient (Wildman–Crippen LogP) is 1.80. The third-order valence-electron chi connectivity index (χ3n) is 3.35. The Morgan fingerprint density at radius 3 is 2.30 bits per heavy atom. The maximum Gasteiger partial charge on any atom is 0.332 e. The number of unbranched alkanes of at least 4 members (excludes halogenated alkanes) is 2. The fourth-order valence-corrected chi connectivity index (χ4v) is 2.81. The summed E-state index contributed by atoms with van der Waals surface area (Å²) in [6, 6.07) is 0. The first kappa shape index (κ1) is 14.8. The number of rotatable bonds is 6. The zero-order valence-electron chi connectivity index (χ0n) is 11.9. The van der Waals surface area contributed by atoms with Gasteiger partial charge in [-0.05, 0) is 24.4 Å². The molecule has 110 valence electrons. The lowest BCUT2D eigenvalue weighted by Crippen LogP contribution is -2.40. The zero-order chi connectivity index (χ0) is 14.7. The van der Waals surface area contributed by atoms with E-state index in [9.17, 15) is 9.59 Å². The van der Waals surface area contributed by atoms with Gasteiger partial charge in [0.25, 0.3) is 5.56 Å². The van der Waals surface area contributed by atoms with Gasteiger partial charge in [-0.2, -0.15) is 4.37 Å². The van der Waals surface area contributed by atoms with Crippen LogP contribution in [0.15, 0.2) is 9.59 Å². The molecule has 0 unspecified atom stereocenters. The molecule has 2 heterocycles. The average molecular weight is 296 g/mol. The molecule has 0 aromatic carbocycles. The molecule has 0 fully saturated rings. The SMILES string of the molecule is CCCCn1c(=O)c2c(N)snc2n(CCCC)c1=O. The topological polar surface area (TPSA) is 82.9 Å². The molecule has 2 N–H and O–H groups in total. The minimum atomic E-state index is -0.308. The lowest BCUT2D eigenvalue weighted by Gasteiger charge is -2.10. The van der Waals surface area contributed by atoms with E-state index in [-0.39, 0.29) is 11.2 Å². The molecule has 2 aromatic heterocycles. The van der Waals surface area contributed by atoms with Crippen LogP contribution in [0, 0.1) is 0 Å². The van der Waals surface area contributed by atoms with Crippen LogP contribution in [0.25, 0.3) is 11.0 Å². The maximum atomic E-state index is 12.5. The summed E-state index contributed by atoms with van der Waals surface area (Å²) in [4.78, 5) is 24.9. The second-order valence-electron chi connectivity index (χ2n) is 4.84. The van der Waals surface area contributed by atoms with Crippen LogP contribution in [0.4, 0.5) is 5.00 Å².